The van der Waals surface area contributed by atoms with E-state index in [1.807, 2.05) is 31.6 Å². The van der Waals surface area contributed by atoms with Gasteiger partial charge in [-0.3, -0.25) is 19.6 Å². The Bertz CT molecular complexity index is 1400. The Hall–Kier alpha value is -4.35. The number of aromatic nitrogens is 3. The lowest BCUT2D eigenvalue weighted by Gasteiger charge is -2.39. The van der Waals surface area contributed by atoms with E-state index in [2.05, 4.69) is 10.1 Å². The summed E-state index contributed by atoms with van der Waals surface area (Å²) in [6.45, 7) is 8.04. The molecule has 0 radical (unpaired) electrons. The van der Waals surface area contributed by atoms with Gasteiger partial charge in [-0.15, -0.1) is 0 Å². The second-order valence-corrected chi connectivity index (χ2v) is 10.9. The third-order valence-electron chi connectivity index (χ3n) is 6.64. The van der Waals surface area contributed by atoms with Gasteiger partial charge in [0.15, 0.2) is 0 Å². The van der Waals surface area contributed by atoms with Crippen molar-refractivity contribution >= 4 is 17.7 Å². The average molecular weight is 537 g/mol. The van der Waals surface area contributed by atoms with Gasteiger partial charge in [-0.2, -0.15) is 5.10 Å². The van der Waals surface area contributed by atoms with Gasteiger partial charge in [0.2, 0.25) is 5.91 Å². The number of nitro groups is 1. The lowest BCUT2D eigenvalue weighted by Crippen LogP contribution is -2.52. The minimum atomic E-state index is -0.558. The number of ether oxygens (including phenoxy) is 1. The van der Waals surface area contributed by atoms with Crippen LogP contribution in [-0.4, -0.2) is 60.2 Å². The molecular weight excluding hydrogens is 507 g/mol. The molecule has 3 aromatic rings. The zero-order chi connectivity index (χ0) is 27.9. The van der Waals surface area contributed by atoms with Crippen molar-refractivity contribution in [2.45, 2.75) is 52.4 Å². The number of hydrogen-bond donors (Lipinski definition) is 0. The summed E-state index contributed by atoms with van der Waals surface area (Å²) in [5.74, 6) is -0.421. The van der Waals surface area contributed by atoms with Crippen LogP contribution in [0.3, 0.4) is 0 Å². The number of nitrogens with zero attached hydrogens (tertiary/aromatic N) is 6. The molecule has 2 amide bonds. The van der Waals surface area contributed by atoms with Gasteiger partial charge in [-0.05, 0) is 51.1 Å². The van der Waals surface area contributed by atoms with Crippen LogP contribution in [0, 0.1) is 21.8 Å². The van der Waals surface area contributed by atoms with Crippen molar-refractivity contribution in [1.29, 1.82) is 0 Å². The minimum absolute atomic E-state index is 0.0564. The molecule has 2 aliphatic rings. The number of hydrogen-bond acceptors (Lipinski definition) is 7. The van der Waals surface area contributed by atoms with Crippen LogP contribution < -0.4 is 0 Å². The van der Waals surface area contributed by atoms with Gasteiger partial charge in [0.05, 0.1) is 29.3 Å². The van der Waals surface area contributed by atoms with Gasteiger partial charge in [0.25, 0.3) is 5.69 Å². The van der Waals surface area contributed by atoms with E-state index in [4.69, 9.17) is 4.74 Å². The first-order valence-corrected chi connectivity index (χ1v) is 12.7. The zero-order valence-corrected chi connectivity index (χ0v) is 22.0. The van der Waals surface area contributed by atoms with E-state index in [0.29, 0.717) is 44.0 Å². The molecule has 11 nitrogen and oxygen atoms in total. The summed E-state index contributed by atoms with van der Waals surface area (Å²) < 4.78 is 20.5. The molecule has 0 saturated carbocycles. The van der Waals surface area contributed by atoms with Crippen LogP contribution in [0.15, 0.2) is 42.6 Å². The fourth-order valence-corrected chi connectivity index (χ4v) is 4.73. The van der Waals surface area contributed by atoms with Crippen LogP contribution in [0.2, 0.25) is 0 Å². The number of carbonyl (C=O) groups is 2. The molecule has 12 heteroatoms. The standard InChI is InChI=1S/C27H29FN6O5/c1-27(2,3)39-26(36)32-11-17(12-32)13-33-15-19-14-31(16-23(19)30-33)25(35)10-22-24(34(37)38)9-8-21(29-22)18-4-6-20(28)7-5-18/h4-9,15,17H,10-14,16H2,1-3H3. The second-order valence-electron chi connectivity index (χ2n) is 10.9. The molecule has 0 spiro atoms. The second kappa shape index (κ2) is 10.1. The van der Waals surface area contributed by atoms with Gasteiger partial charge in [0, 0.05) is 55.5 Å². The summed E-state index contributed by atoms with van der Waals surface area (Å²) in [7, 11) is 0. The van der Waals surface area contributed by atoms with E-state index >= 15 is 0 Å². The number of pyridine rings is 1. The van der Waals surface area contributed by atoms with Crippen LogP contribution >= 0.6 is 0 Å². The van der Waals surface area contributed by atoms with E-state index in [-0.39, 0.29) is 35.7 Å². The highest BCUT2D eigenvalue weighted by Crippen LogP contribution is 2.28. The summed E-state index contributed by atoms with van der Waals surface area (Å²) in [6.07, 6.45) is 1.36. The minimum Gasteiger partial charge on any atom is -0.444 e. The van der Waals surface area contributed by atoms with Gasteiger partial charge >= 0.3 is 6.09 Å². The SMILES string of the molecule is CC(C)(C)OC(=O)N1CC(Cn2cc3c(n2)CN(C(=O)Cc2nc(-c4ccc(F)cc4)ccc2[N+](=O)[O-])C3)C1. The van der Waals surface area contributed by atoms with Crippen molar-refractivity contribution in [3.05, 3.63) is 75.5 Å². The van der Waals surface area contributed by atoms with Crippen LogP contribution in [0.4, 0.5) is 14.9 Å². The summed E-state index contributed by atoms with van der Waals surface area (Å²) in [6, 6.07) is 8.44. The molecule has 2 aromatic heterocycles. The van der Waals surface area contributed by atoms with E-state index in [0.717, 1.165) is 11.3 Å². The Morgan fingerprint density at radius 3 is 2.46 bits per heavy atom. The van der Waals surface area contributed by atoms with Gasteiger partial charge in [-0.25, -0.2) is 14.2 Å². The van der Waals surface area contributed by atoms with Crippen molar-refractivity contribution in [2.75, 3.05) is 13.1 Å². The number of benzene rings is 1. The van der Waals surface area contributed by atoms with Crippen molar-refractivity contribution < 1.29 is 23.6 Å². The first-order valence-electron chi connectivity index (χ1n) is 12.7. The molecule has 4 heterocycles. The summed E-state index contributed by atoms with van der Waals surface area (Å²) in [4.78, 5) is 43.9. The molecule has 1 aromatic carbocycles. The summed E-state index contributed by atoms with van der Waals surface area (Å²) in [5.41, 5.74) is 2.02. The molecule has 1 fully saturated rings. The van der Waals surface area contributed by atoms with E-state index in [9.17, 15) is 24.1 Å². The van der Waals surface area contributed by atoms with Crippen molar-refractivity contribution in [3.8, 4) is 11.3 Å². The number of fused-ring (bicyclic) bond motifs is 1. The highest BCUT2D eigenvalue weighted by Gasteiger charge is 2.35. The monoisotopic (exact) mass is 536 g/mol. The van der Waals surface area contributed by atoms with E-state index < -0.39 is 16.3 Å². The molecule has 2 aliphatic heterocycles. The number of amides is 2. The van der Waals surface area contributed by atoms with Crippen molar-refractivity contribution in [2.24, 2.45) is 5.92 Å². The van der Waals surface area contributed by atoms with Gasteiger partial charge < -0.3 is 14.5 Å². The van der Waals surface area contributed by atoms with Gasteiger partial charge in [0.1, 0.15) is 17.1 Å². The Balaban J connectivity index is 1.19. The largest absolute Gasteiger partial charge is 0.444 e. The molecule has 0 bridgehead atoms. The Morgan fingerprint density at radius 2 is 1.82 bits per heavy atom. The Kier molecular flexibility index (Phi) is 6.79. The normalized spacial score (nSPS) is 15.2. The fourth-order valence-electron chi connectivity index (χ4n) is 4.73. The highest BCUT2D eigenvalue weighted by atomic mass is 19.1. The first kappa shape index (κ1) is 26.3. The molecule has 39 heavy (non-hydrogen) atoms. The fraction of sp³-hybridized carbons (Fsp3) is 0.407. The van der Waals surface area contributed by atoms with E-state index in [1.165, 1.54) is 36.4 Å². The number of rotatable bonds is 6. The Labute approximate surface area is 224 Å². The third kappa shape index (κ3) is 5.89. The predicted octanol–water partition coefficient (Wildman–Crippen LogP) is 3.94. The van der Waals surface area contributed by atoms with Gasteiger partial charge in [-0.1, -0.05) is 0 Å². The summed E-state index contributed by atoms with van der Waals surface area (Å²) in [5, 5.41) is 16.2. The number of carbonyl (C=O) groups excluding carboxylic acids is 2. The lowest BCUT2D eigenvalue weighted by molar-refractivity contribution is -0.385. The first-order chi connectivity index (χ1) is 18.4. The van der Waals surface area contributed by atoms with E-state index in [1.54, 1.807) is 9.80 Å². The molecule has 0 N–H and O–H groups in total. The topological polar surface area (TPSA) is 124 Å². The molecule has 0 atom stereocenters. The molecule has 0 unspecified atom stereocenters. The Morgan fingerprint density at radius 1 is 1.10 bits per heavy atom. The molecular formula is C27H29FN6O5. The van der Waals surface area contributed by atoms with Crippen LogP contribution in [0.25, 0.3) is 11.3 Å². The quantitative estimate of drug-likeness (QED) is 0.345. The number of halogens is 1. The maximum atomic E-state index is 13.3. The summed E-state index contributed by atoms with van der Waals surface area (Å²) >= 11 is 0. The molecule has 1 saturated heterocycles. The lowest BCUT2D eigenvalue weighted by atomic mass is 10.0. The maximum absolute atomic E-state index is 13.3. The maximum Gasteiger partial charge on any atom is 0.410 e. The van der Waals surface area contributed by atoms with Crippen LogP contribution in [-0.2, 0) is 35.6 Å². The molecule has 0 aliphatic carbocycles. The zero-order valence-electron chi connectivity index (χ0n) is 22.0. The van der Waals surface area contributed by atoms with Crippen LogP contribution in [0.5, 0.6) is 0 Å². The smallest absolute Gasteiger partial charge is 0.410 e. The number of likely N-dealkylation sites (tertiary alicyclic amines) is 1. The third-order valence-corrected chi connectivity index (χ3v) is 6.64. The van der Waals surface area contributed by atoms with Crippen LogP contribution in [0.1, 0.15) is 37.7 Å². The average Bonchev–Trinajstić information content (AvgIpc) is 3.39. The predicted molar refractivity (Wildman–Crippen MR) is 138 cm³/mol. The molecule has 204 valence electrons. The molecule has 5 rings (SSSR count). The highest BCUT2D eigenvalue weighted by molar-refractivity contribution is 5.80. The van der Waals surface area contributed by atoms with Crippen molar-refractivity contribution in [3.63, 3.8) is 0 Å². The van der Waals surface area contributed by atoms with Crippen molar-refractivity contribution in [1.82, 2.24) is 24.6 Å².